The van der Waals surface area contributed by atoms with Crippen molar-refractivity contribution >= 4 is 35.1 Å². The topological polar surface area (TPSA) is 0 Å². The van der Waals surface area contributed by atoms with E-state index in [-0.39, 0.29) is 18.1 Å². The predicted octanol–water partition coefficient (Wildman–Crippen LogP) is 14.7. The molecule has 0 amide bonds. The van der Waals surface area contributed by atoms with Gasteiger partial charge in [0.05, 0.1) is 0 Å². The van der Waals surface area contributed by atoms with E-state index in [0.29, 0.717) is 5.92 Å². The van der Waals surface area contributed by atoms with Gasteiger partial charge in [0.25, 0.3) is 0 Å². The first-order chi connectivity index (χ1) is 23.7. The molecule has 0 aliphatic heterocycles. The molecule has 0 aromatic heterocycles. The summed E-state index contributed by atoms with van der Waals surface area (Å²) < 4.78 is 0.146. The monoisotopic (exact) mass is 811 g/mol. The molecule has 269 valence electrons. The number of benzene rings is 4. The molecular formula is C47H59Cl2SiZr. The van der Waals surface area contributed by atoms with Crippen LogP contribution in [0.1, 0.15) is 121 Å². The Morgan fingerprint density at radius 1 is 0.706 bits per heavy atom. The summed E-state index contributed by atoms with van der Waals surface area (Å²) in [4.78, 5) is 0. The second-order valence-corrected chi connectivity index (χ2v) is 60.8. The average molecular weight is 814 g/mol. The normalized spacial score (nSPS) is 18.4. The summed E-state index contributed by atoms with van der Waals surface area (Å²) in [6.07, 6.45) is 5.94. The molecule has 0 nitrogen and oxygen atoms in total. The van der Waals surface area contributed by atoms with Gasteiger partial charge in [-0.05, 0) is 0 Å². The fraction of sp³-hybridized carbons (Fsp3) is 0.404. The van der Waals surface area contributed by atoms with Gasteiger partial charge in [-0.15, -0.1) is 0 Å². The zero-order chi connectivity index (χ0) is 37.4. The van der Waals surface area contributed by atoms with Crippen LogP contribution >= 0.6 is 17.0 Å². The third-order valence-electron chi connectivity index (χ3n) is 12.4. The SMILES string of the molecule is CCc1cc2c(c(-c3ccc(C(C)(C)C)cc3)c1C)C=C(C)[CH]2[Zr]([Cl])([Cl])([CH]1C(C(C)C)=Cc2c(-c3ccc(C(C)(C)C)cc3)cccc21)[SiH](C)C. The van der Waals surface area contributed by atoms with Crippen molar-refractivity contribution in [3.8, 4) is 22.3 Å². The van der Waals surface area contributed by atoms with Crippen molar-refractivity contribution < 1.29 is 15.6 Å². The third kappa shape index (κ3) is 6.41. The van der Waals surface area contributed by atoms with Gasteiger partial charge in [-0.25, -0.2) is 0 Å². The quantitative estimate of drug-likeness (QED) is 0.163. The molecule has 4 heteroatoms. The maximum atomic E-state index is 8.76. The number of allylic oxidation sites excluding steroid dienone is 2. The number of aryl methyl sites for hydroxylation is 1. The van der Waals surface area contributed by atoms with Gasteiger partial charge < -0.3 is 0 Å². The summed E-state index contributed by atoms with van der Waals surface area (Å²) in [5.41, 5.74) is 19.1. The van der Waals surface area contributed by atoms with Gasteiger partial charge in [0, 0.05) is 0 Å². The molecule has 2 aliphatic carbocycles. The van der Waals surface area contributed by atoms with E-state index in [1.54, 1.807) is 0 Å². The van der Waals surface area contributed by atoms with Crippen LogP contribution in [-0.4, -0.2) is 5.92 Å². The van der Waals surface area contributed by atoms with Crippen LogP contribution in [0.25, 0.3) is 34.4 Å². The minimum atomic E-state index is -4.89. The molecule has 2 aliphatic rings. The number of hydrogen-bond acceptors (Lipinski definition) is 0. The first-order valence-electron chi connectivity index (χ1n) is 19.2. The summed E-state index contributed by atoms with van der Waals surface area (Å²) in [5, 5.41) is 0. The van der Waals surface area contributed by atoms with E-state index in [1.165, 1.54) is 77.9 Å². The first-order valence-corrected chi connectivity index (χ1v) is 35.5. The van der Waals surface area contributed by atoms with Crippen LogP contribution in [-0.2, 0) is 32.8 Å². The second-order valence-electron chi connectivity index (χ2n) is 18.3. The molecule has 0 N–H and O–H groups in total. The third-order valence-corrected chi connectivity index (χ3v) is 64.3. The Hall–Kier alpha value is -1.96. The van der Waals surface area contributed by atoms with Crippen molar-refractivity contribution in [1.29, 1.82) is 0 Å². The molecular weight excluding hydrogens is 755 g/mol. The Bertz CT molecular complexity index is 2050. The van der Waals surface area contributed by atoms with Gasteiger partial charge in [0.15, 0.2) is 0 Å². The number of fused-ring (bicyclic) bond motifs is 2. The molecule has 0 bridgehead atoms. The number of rotatable bonds is 7. The van der Waals surface area contributed by atoms with Crippen LogP contribution in [0.4, 0.5) is 0 Å². The van der Waals surface area contributed by atoms with Crippen molar-refractivity contribution in [3.05, 3.63) is 128 Å². The van der Waals surface area contributed by atoms with Crippen LogP contribution < -0.4 is 0 Å². The Labute approximate surface area is 318 Å². The van der Waals surface area contributed by atoms with Crippen molar-refractivity contribution in [1.82, 2.24) is 0 Å². The Kier molecular flexibility index (Phi) is 10.2. The fourth-order valence-corrected chi connectivity index (χ4v) is 41.4. The molecule has 51 heavy (non-hydrogen) atoms. The van der Waals surface area contributed by atoms with Crippen LogP contribution in [0.2, 0.25) is 13.1 Å². The molecule has 6 rings (SSSR count). The number of hydrogen-bond donors (Lipinski definition) is 0. The molecule has 2 unspecified atom stereocenters. The van der Waals surface area contributed by atoms with E-state index >= 15 is 0 Å². The molecule has 4 aromatic rings. The van der Waals surface area contributed by atoms with Gasteiger partial charge in [-0.3, -0.25) is 0 Å². The first kappa shape index (κ1) is 38.8. The molecule has 4 aromatic carbocycles. The van der Waals surface area contributed by atoms with Crippen molar-refractivity contribution in [2.75, 3.05) is 0 Å². The zero-order valence-electron chi connectivity index (χ0n) is 33.4. The van der Waals surface area contributed by atoms with Crippen molar-refractivity contribution in [2.24, 2.45) is 5.92 Å². The summed E-state index contributed by atoms with van der Waals surface area (Å²) >= 11 is -4.89. The summed E-state index contributed by atoms with van der Waals surface area (Å²) in [6.45, 7) is 30.2. The molecule has 0 spiro atoms. The maximum absolute atomic E-state index is 8.76. The van der Waals surface area contributed by atoms with E-state index in [2.05, 4.69) is 174 Å². The van der Waals surface area contributed by atoms with Crippen molar-refractivity contribution in [3.63, 3.8) is 0 Å². The van der Waals surface area contributed by atoms with E-state index in [1.807, 2.05) is 0 Å². The van der Waals surface area contributed by atoms with Gasteiger partial charge in [-0.2, -0.15) is 0 Å². The molecule has 0 saturated heterocycles. The van der Waals surface area contributed by atoms with Gasteiger partial charge in [0.2, 0.25) is 0 Å². The summed E-state index contributed by atoms with van der Waals surface area (Å²) in [7, 11) is 17.5. The molecule has 0 fully saturated rings. The van der Waals surface area contributed by atoms with E-state index < -0.39 is 21.5 Å². The van der Waals surface area contributed by atoms with Crippen molar-refractivity contribution in [2.45, 2.75) is 114 Å². The predicted molar refractivity (Wildman–Crippen MR) is 228 cm³/mol. The minimum absolute atomic E-state index is 0.0720. The molecule has 0 radical (unpaired) electrons. The Balaban J connectivity index is 1.57. The van der Waals surface area contributed by atoms with Gasteiger partial charge in [0.1, 0.15) is 0 Å². The summed E-state index contributed by atoms with van der Waals surface area (Å²) in [6, 6.07) is 28.0. The van der Waals surface area contributed by atoms with Crippen LogP contribution in [0, 0.1) is 12.8 Å². The van der Waals surface area contributed by atoms with Crippen LogP contribution in [0.5, 0.6) is 0 Å². The molecule has 0 heterocycles. The van der Waals surface area contributed by atoms with Crippen LogP contribution in [0.15, 0.2) is 83.9 Å². The van der Waals surface area contributed by atoms with E-state index in [9.17, 15) is 0 Å². The molecule has 0 saturated carbocycles. The van der Waals surface area contributed by atoms with Crippen LogP contribution in [0.3, 0.4) is 0 Å². The summed E-state index contributed by atoms with van der Waals surface area (Å²) in [5.74, 6) is -1.33. The van der Waals surface area contributed by atoms with Gasteiger partial charge in [-0.1, -0.05) is 0 Å². The van der Waals surface area contributed by atoms with E-state index in [0.717, 1.165) is 6.42 Å². The zero-order valence-corrected chi connectivity index (χ0v) is 38.5. The average Bonchev–Trinajstić information content (AvgIpc) is 3.63. The number of halogens is 2. The van der Waals surface area contributed by atoms with Gasteiger partial charge >= 0.3 is 321 Å². The Morgan fingerprint density at radius 2 is 1.25 bits per heavy atom. The second kappa shape index (κ2) is 13.4. The molecule has 2 atom stereocenters. The fourth-order valence-electron chi connectivity index (χ4n) is 9.22. The van der Waals surface area contributed by atoms with E-state index in [4.69, 9.17) is 17.0 Å². The Morgan fingerprint density at radius 3 is 1.75 bits per heavy atom. The standard InChI is InChI=1S/C23H27.C22H25.C2H7Si.2ClH.Zr/c1-7-17-14-19-12-15(2)13-21(19)22(16(17)3)18-8-10-20(11-9-18)23(4,5)6;1-15(2)18-13-17-7-6-8-20(21(17)14-18)16-9-11-19(12-10-16)22(3,4)5;1-3-2;;;/h8-14H,7H2,1-6H3;6-15H,1-5H3;3H,1-2H3;2*1H;/q;;;;;+2/p-2.